The van der Waals surface area contributed by atoms with Crippen molar-refractivity contribution in [3.8, 4) is 11.4 Å². The predicted molar refractivity (Wildman–Crippen MR) is 113 cm³/mol. The largest absolute Gasteiger partial charge is 0.381 e. The van der Waals surface area contributed by atoms with E-state index in [0.29, 0.717) is 6.04 Å². The first-order valence-electron chi connectivity index (χ1n) is 10.0. The maximum atomic E-state index is 5.51. The summed E-state index contributed by atoms with van der Waals surface area (Å²) in [6.07, 6.45) is 13.9. The standard InChI is InChI=1S/C23H23N5O/c1-3-19(23-26-25-17-28(23)21-8-13-29-14-9-21)15-22(5-1)27-12-2-4-20(16-27)18-6-10-24-11-7-18/h1-7,10-12,15,17,21H,8-9,13-14,16H2. The number of hydrogen-bond donors (Lipinski definition) is 0. The molecule has 0 saturated carbocycles. The Balaban J connectivity index is 1.41. The quantitative estimate of drug-likeness (QED) is 0.676. The van der Waals surface area contributed by atoms with Crippen LogP contribution in [0.1, 0.15) is 24.4 Å². The fourth-order valence-corrected chi connectivity index (χ4v) is 3.99. The van der Waals surface area contributed by atoms with E-state index in [-0.39, 0.29) is 0 Å². The Morgan fingerprint density at radius 3 is 2.72 bits per heavy atom. The zero-order chi connectivity index (χ0) is 19.5. The third-order valence-electron chi connectivity index (χ3n) is 5.55. The van der Waals surface area contributed by atoms with Crippen LogP contribution in [0.5, 0.6) is 0 Å². The summed E-state index contributed by atoms with van der Waals surface area (Å²) in [6, 6.07) is 13.0. The minimum atomic E-state index is 0.397. The van der Waals surface area contributed by atoms with Crippen molar-refractivity contribution in [1.82, 2.24) is 19.7 Å². The molecule has 0 unspecified atom stereocenters. The molecule has 2 aliphatic rings. The zero-order valence-corrected chi connectivity index (χ0v) is 16.2. The molecule has 1 fully saturated rings. The highest BCUT2D eigenvalue weighted by Crippen LogP contribution is 2.30. The molecular formula is C23H23N5O. The molecule has 4 heterocycles. The first-order valence-corrected chi connectivity index (χ1v) is 10.0. The monoisotopic (exact) mass is 385 g/mol. The molecule has 2 aliphatic heterocycles. The molecule has 5 rings (SSSR count). The summed E-state index contributed by atoms with van der Waals surface area (Å²) in [4.78, 5) is 6.38. The molecule has 29 heavy (non-hydrogen) atoms. The summed E-state index contributed by atoms with van der Waals surface area (Å²) >= 11 is 0. The summed E-state index contributed by atoms with van der Waals surface area (Å²) in [7, 11) is 0. The van der Waals surface area contributed by atoms with Gasteiger partial charge in [0.15, 0.2) is 5.82 Å². The highest BCUT2D eigenvalue weighted by atomic mass is 16.5. The van der Waals surface area contributed by atoms with Crippen LogP contribution in [0.3, 0.4) is 0 Å². The number of allylic oxidation sites excluding steroid dienone is 2. The maximum Gasteiger partial charge on any atom is 0.164 e. The molecule has 0 amide bonds. The lowest BCUT2D eigenvalue weighted by atomic mass is 10.0. The van der Waals surface area contributed by atoms with Crippen molar-refractivity contribution < 1.29 is 4.74 Å². The van der Waals surface area contributed by atoms with Crippen LogP contribution in [0.15, 0.2) is 73.5 Å². The second-order valence-electron chi connectivity index (χ2n) is 7.35. The summed E-state index contributed by atoms with van der Waals surface area (Å²) in [6.45, 7) is 2.41. The Morgan fingerprint density at radius 1 is 1.00 bits per heavy atom. The summed E-state index contributed by atoms with van der Waals surface area (Å²) in [5.41, 5.74) is 4.69. The molecule has 0 spiro atoms. The molecule has 6 heteroatoms. The van der Waals surface area contributed by atoms with Crippen molar-refractivity contribution in [3.63, 3.8) is 0 Å². The number of aromatic nitrogens is 4. The first-order chi connectivity index (χ1) is 14.4. The average Bonchev–Trinajstić information content (AvgIpc) is 3.31. The van der Waals surface area contributed by atoms with E-state index in [1.165, 1.54) is 11.1 Å². The Hall–Kier alpha value is -3.25. The number of hydrogen-bond acceptors (Lipinski definition) is 5. The molecule has 0 atom stereocenters. The highest BCUT2D eigenvalue weighted by molar-refractivity contribution is 5.75. The molecule has 1 aromatic carbocycles. The molecule has 1 saturated heterocycles. The minimum Gasteiger partial charge on any atom is -0.381 e. The van der Waals surface area contributed by atoms with Crippen LogP contribution in [-0.4, -0.2) is 39.5 Å². The van der Waals surface area contributed by atoms with Gasteiger partial charge in [0.2, 0.25) is 0 Å². The maximum absolute atomic E-state index is 5.51. The molecule has 2 aromatic heterocycles. The van der Waals surface area contributed by atoms with Gasteiger partial charge in [0.05, 0.1) is 0 Å². The van der Waals surface area contributed by atoms with Gasteiger partial charge >= 0.3 is 0 Å². The predicted octanol–water partition coefficient (Wildman–Crippen LogP) is 4.11. The third-order valence-corrected chi connectivity index (χ3v) is 5.55. The Kier molecular flexibility index (Phi) is 4.92. The lowest BCUT2D eigenvalue weighted by molar-refractivity contribution is 0.0699. The van der Waals surface area contributed by atoms with Crippen LogP contribution in [0.4, 0.5) is 5.69 Å². The van der Waals surface area contributed by atoms with Crippen molar-refractivity contribution in [1.29, 1.82) is 0 Å². The van der Waals surface area contributed by atoms with Gasteiger partial charge in [-0.3, -0.25) is 4.98 Å². The summed E-state index contributed by atoms with van der Waals surface area (Å²) in [5, 5.41) is 8.62. The van der Waals surface area contributed by atoms with Crippen LogP contribution in [0.25, 0.3) is 17.0 Å². The fraction of sp³-hybridized carbons (Fsp3) is 0.261. The lowest BCUT2D eigenvalue weighted by Crippen LogP contribution is -2.21. The van der Waals surface area contributed by atoms with E-state index in [2.05, 4.69) is 79.4 Å². The molecule has 146 valence electrons. The molecule has 6 nitrogen and oxygen atoms in total. The van der Waals surface area contributed by atoms with Crippen molar-refractivity contribution in [2.24, 2.45) is 0 Å². The van der Waals surface area contributed by atoms with Gasteiger partial charge in [-0.2, -0.15) is 0 Å². The molecule has 0 N–H and O–H groups in total. The third kappa shape index (κ3) is 3.71. The van der Waals surface area contributed by atoms with Gasteiger partial charge in [-0.25, -0.2) is 0 Å². The van der Waals surface area contributed by atoms with Gasteiger partial charge in [-0.15, -0.1) is 10.2 Å². The van der Waals surface area contributed by atoms with Gasteiger partial charge in [0.25, 0.3) is 0 Å². The molecule has 0 bridgehead atoms. The van der Waals surface area contributed by atoms with Crippen LogP contribution in [0.2, 0.25) is 0 Å². The summed E-state index contributed by atoms with van der Waals surface area (Å²) < 4.78 is 7.72. The smallest absolute Gasteiger partial charge is 0.164 e. The van der Waals surface area contributed by atoms with Gasteiger partial charge in [0.1, 0.15) is 6.33 Å². The number of nitrogens with zero attached hydrogens (tertiary/aromatic N) is 5. The van der Waals surface area contributed by atoms with Gasteiger partial charge < -0.3 is 14.2 Å². The van der Waals surface area contributed by atoms with E-state index in [4.69, 9.17) is 4.74 Å². The van der Waals surface area contributed by atoms with Crippen molar-refractivity contribution >= 4 is 11.3 Å². The lowest BCUT2D eigenvalue weighted by Gasteiger charge is -2.26. The Bertz CT molecular complexity index is 1030. The van der Waals surface area contributed by atoms with Crippen LogP contribution in [0, 0.1) is 0 Å². The summed E-state index contributed by atoms with van der Waals surface area (Å²) in [5.74, 6) is 0.921. The number of ether oxygens (including phenoxy) is 1. The second kappa shape index (κ2) is 8.01. The fourth-order valence-electron chi connectivity index (χ4n) is 3.99. The normalized spacial score (nSPS) is 17.4. The number of anilines is 1. The molecule has 0 radical (unpaired) electrons. The van der Waals surface area contributed by atoms with E-state index < -0.39 is 0 Å². The van der Waals surface area contributed by atoms with E-state index in [9.17, 15) is 0 Å². The molecular weight excluding hydrogens is 362 g/mol. The van der Waals surface area contributed by atoms with Gasteiger partial charge in [-0.1, -0.05) is 18.2 Å². The van der Waals surface area contributed by atoms with E-state index >= 15 is 0 Å². The van der Waals surface area contributed by atoms with Crippen LogP contribution < -0.4 is 4.90 Å². The van der Waals surface area contributed by atoms with Gasteiger partial charge in [0, 0.05) is 55.6 Å². The van der Waals surface area contributed by atoms with Gasteiger partial charge in [-0.05, 0) is 54.3 Å². The van der Waals surface area contributed by atoms with Crippen molar-refractivity contribution in [2.45, 2.75) is 18.9 Å². The molecule has 0 aliphatic carbocycles. The van der Waals surface area contributed by atoms with Crippen LogP contribution in [-0.2, 0) is 4.74 Å². The van der Waals surface area contributed by atoms with E-state index in [1.807, 2.05) is 18.7 Å². The minimum absolute atomic E-state index is 0.397. The highest BCUT2D eigenvalue weighted by Gasteiger charge is 2.20. The van der Waals surface area contributed by atoms with Crippen molar-refractivity contribution in [3.05, 3.63) is 79.0 Å². The topological polar surface area (TPSA) is 56.1 Å². The number of rotatable bonds is 4. The Morgan fingerprint density at radius 2 is 1.86 bits per heavy atom. The van der Waals surface area contributed by atoms with Crippen molar-refractivity contribution in [2.75, 3.05) is 24.7 Å². The van der Waals surface area contributed by atoms with E-state index in [0.717, 1.165) is 49.7 Å². The van der Waals surface area contributed by atoms with Crippen LogP contribution >= 0.6 is 0 Å². The second-order valence-corrected chi connectivity index (χ2v) is 7.35. The number of benzene rings is 1. The first kappa shape index (κ1) is 17.8. The Labute approximate surface area is 170 Å². The average molecular weight is 385 g/mol. The molecule has 3 aromatic rings. The number of pyridine rings is 1. The zero-order valence-electron chi connectivity index (χ0n) is 16.2. The SMILES string of the molecule is C1=CN(c2cccc(-c3nncn3C3CCOCC3)c2)CC(c2ccncc2)=C1. The van der Waals surface area contributed by atoms with E-state index in [1.54, 1.807) is 0 Å².